The van der Waals surface area contributed by atoms with Gasteiger partial charge in [0.1, 0.15) is 16.5 Å². The molecule has 0 aliphatic rings. The Balaban J connectivity index is 1.72. The zero-order valence-electron chi connectivity index (χ0n) is 20.9. The standard InChI is InChI=1S/C27H26ClF2N3O3S2/c1-4-23(18-8-6-5-7-9-18)32-24-14-22(29)25(13-21(24)28)38(34,35)33(27-31-15-26(30)37-27)16-19-10-11-20(36-3)12-17(19)2/h5-15,23,32H,4,16H2,1-3H3/t23-/m0/s1. The van der Waals surface area contributed by atoms with Crippen molar-refractivity contribution >= 4 is 43.8 Å². The second-order valence-corrected chi connectivity index (χ2v) is 11.7. The van der Waals surface area contributed by atoms with Crippen molar-refractivity contribution < 1.29 is 21.9 Å². The summed E-state index contributed by atoms with van der Waals surface area (Å²) in [7, 11) is -3.01. The first-order valence-electron chi connectivity index (χ1n) is 11.7. The molecule has 1 N–H and O–H groups in total. The predicted molar refractivity (Wildman–Crippen MR) is 148 cm³/mol. The lowest BCUT2D eigenvalue weighted by atomic mass is 10.0. The Morgan fingerprint density at radius 1 is 1.13 bits per heavy atom. The maximum Gasteiger partial charge on any atom is 0.269 e. The van der Waals surface area contributed by atoms with Crippen LogP contribution in [0.5, 0.6) is 5.75 Å². The van der Waals surface area contributed by atoms with Gasteiger partial charge in [0.15, 0.2) is 5.13 Å². The van der Waals surface area contributed by atoms with Gasteiger partial charge in [0.2, 0.25) is 5.13 Å². The number of nitrogens with one attached hydrogen (secondary N) is 1. The molecule has 0 aliphatic carbocycles. The molecule has 0 radical (unpaired) electrons. The van der Waals surface area contributed by atoms with Crippen molar-refractivity contribution in [1.82, 2.24) is 4.98 Å². The van der Waals surface area contributed by atoms with Crippen molar-refractivity contribution in [3.63, 3.8) is 0 Å². The molecule has 1 atom stereocenters. The number of hydrogen-bond acceptors (Lipinski definition) is 6. The molecule has 1 heterocycles. The van der Waals surface area contributed by atoms with Crippen LogP contribution in [0.3, 0.4) is 0 Å². The van der Waals surface area contributed by atoms with Crippen molar-refractivity contribution in [1.29, 1.82) is 0 Å². The van der Waals surface area contributed by atoms with E-state index in [0.29, 0.717) is 29.1 Å². The quantitative estimate of drug-likeness (QED) is 0.213. The van der Waals surface area contributed by atoms with Crippen molar-refractivity contribution in [2.24, 2.45) is 0 Å². The SMILES string of the molecule is CC[C@H](Nc1cc(F)c(S(=O)(=O)N(Cc2ccc(OC)cc2C)c2ncc(F)s2)cc1Cl)c1ccccc1. The molecule has 0 bridgehead atoms. The summed E-state index contributed by atoms with van der Waals surface area (Å²) in [5.74, 6) is -0.393. The first-order chi connectivity index (χ1) is 18.1. The monoisotopic (exact) mass is 577 g/mol. The number of sulfonamides is 1. The Morgan fingerprint density at radius 3 is 2.47 bits per heavy atom. The van der Waals surface area contributed by atoms with E-state index in [1.54, 1.807) is 25.1 Å². The van der Waals surface area contributed by atoms with E-state index >= 15 is 4.39 Å². The van der Waals surface area contributed by atoms with Gasteiger partial charge in [-0.15, -0.1) is 0 Å². The smallest absolute Gasteiger partial charge is 0.269 e. The third kappa shape index (κ3) is 5.92. The van der Waals surface area contributed by atoms with Crippen molar-refractivity contribution in [2.45, 2.75) is 37.8 Å². The van der Waals surface area contributed by atoms with E-state index in [-0.39, 0.29) is 28.4 Å². The summed E-state index contributed by atoms with van der Waals surface area (Å²) in [6.07, 6.45) is 1.61. The van der Waals surface area contributed by atoms with Gasteiger partial charge in [-0.25, -0.2) is 22.1 Å². The zero-order chi connectivity index (χ0) is 27.4. The van der Waals surface area contributed by atoms with E-state index in [0.717, 1.165) is 33.8 Å². The maximum absolute atomic E-state index is 15.5. The Bertz CT molecular complexity index is 1530. The molecule has 3 aromatic carbocycles. The minimum absolute atomic E-state index is 0.0326. The minimum Gasteiger partial charge on any atom is -0.497 e. The van der Waals surface area contributed by atoms with Crippen LogP contribution in [0.25, 0.3) is 0 Å². The van der Waals surface area contributed by atoms with Gasteiger partial charge in [-0.2, -0.15) is 4.39 Å². The molecular formula is C27H26ClF2N3O3S2. The van der Waals surface area contributed by atoms with E-state index in [9.17, 15) is 12.8 Å². The van der Waals surface area contributed by atoms with Gasteiger partial charge in [0, 0.05) is 0 Å². The number of hydrogen-bond donors (Lipinski definition) is 1. The molecule has 38 heavy (non-hydrogen) atoms. The van der Waals surface area contributed by atoms with Gasteiger partial charge in [0.25, 0.3) is 10.0 Å². The van der Waals surface area contributed by atoms with Gasteiger partial charge in [-0.3, -0.25) is 0 Å². The second-order valence-electron chi connectivity index (χ2n) is 8.53. The number of nitrogens with zero attached hydrogens (tertiary/aromatic N) is 2. The lowest BCUT2D eigenvalue weighted by Gasteiger charge is -2.24. The summed E-state index contributed by atoms with van der Waals surface area (Å²) in [4.78, 5) is 3.28. The van der Waals surface area contributed by atoms with E-state index in [1.807, 2.05) is 37.3 Å². The number of rotatable bonds is 10. The molecule has 0 unspecified atom stereocenters. The molecule has 4 rings (SSSR count). The normalized spacial score (nSPS) is 12.3. The van der Waals surface area contributed by atoms with Gasteiger partial charge in [-0.1, -0.05) is 66.3 Å². The van der Waals surface area contributed by atoms with Crippen LogP contribution in [0.4, 0.5) is 19.6 Å². The first-order valence-corrected chi connectivity index (χ1v) is 14.4. The summed E-state index contributed by atoms with van der Waals surface area (Å²) in [5, 5.41) is 2.43. The molecule has 4 aromatic rings. The number of benzene rings is 3. The topological polar surface area (TPSA) is 71.5 Å². The van der Waals surface area contributed by atoms with Crippen molar-refractivity contribution in [2.75, 3.05) is 16.7 Å². The van der Waals surface area contributed by atoms with Crippen LogP contribution in [-0.2, 0) is 16.6 Å². The van der Waals surface area contributed by atoms with Crippen LogP contribution in [0.1, 0.15) is 36.1 Å². The third-order valence-corrected chi connectivity index (χ3v) is 9.06. The molecule has 0 saturated heterocycles. The fourth-order valence-corrected chi connectivity index (χ4v) is 6.61. The molecule has 1 aromatic heterocycles. The van der Waals surface area contributed by atoms with Crippen LogP contribution in [0, 0.1) is 17.9 Å². The molecule has 11 heteroatoms. The third-order valence-electron chi connectivity index (χ3n) is 6.07. The number of ether oxygens (including phenoxy) is 1. The summed E-state index contributed by atoms with van der Waals surface area (Å²) < 4.78 is 63.1. The van der Waals surface area contributed by atoms with Crippen LogP contribution in [0.15, 0.2) is 71.8 Å². The van der Waals surface area contributed by atoms with Gasteiger partial charge < -0.3 is 10.1 Å². The summed E-state index contributed by atoms with van der Waals surface area (Å²) in [6, 6.07) is 16.7. The average Bonchev–Trinajstić information content (AvgIpc) is 3.33. The highest BCUT2D eigenvalue weighted by atomic mass is 35.5. The predicted octanol–water partition coefficient (Wildman–Crippen LogP) is 7.35. The van der Waals surface area contributed by atoms with E-state index in [1.165, 1.54) is 7.11 Å². The number of thiazole rings is 1. The lowest BCUT2D eigenvalue weighted by molar-refractivity contribution is 0.414. The molecular weight excluding hydrogens is 552 g/mol. The zero-order valence-corrected chi connectivity index (χ0v) is 23.3. The van der Waals surface area contributed by atoms with Gasteiger partial charge in [0.05, 0.1) is 36.6 Å². The van der Waals surface area contributed by atoms with E-state index in [2.05, 4.69) is 10.3 Å². The molecule has 0 amide bonds. The molecule has 0 fully saturated rings. The van der Waals surface area contributed by atoms with Gasteiger partial charge in [-0.05, 0) is 54.3 Å². The summed E-state index contributed by atoms with van der Waals surface area (Å²) in [5.41, 5.74) is 2.60. The van der Waals surface area contributed by atoms with Gasteiger partial charge >= 0.3 is 0 Å². The Kier molecular flexibility index (Phi) is 8.54. The number of halogens is 3. The fourth-order valence-electron chi connectivity index (χ4n) is 3.99. The van der Waals surface area contributed by atoms with Crippen LogP contribution >= 0.6 is 22.9 Å². The Morgan fingerprint density at radius 2 is 1.87 bits per heavy atom. The molecule has 0 spiro atoms. The molecule has 200 valence electrons. The number of methoxy groups -OCH3 is 1. The van der Waals surface area contributed by atoms with Crippen LogP contribution in [0.2, 0.25) is 5.02 Å². The number of aryl methyl sites for hydroxylation is 1. The number of aromatic nitrogens is 1. The Hall–Kier alpha value is -3.21. The highest BCUT2D eigenvalue weighted by Crippen LogP contribution is 2.36. The highest BCUT2D eigenvalue weighted by Gasteiger charge is 2.32. The highest BCUT2D eigenvalue weighted by molar-refractivity contribution is 7.93. The number of anilines is 2. The van der Waals surface area contributed by atoms with E-state index < -0.39 is 25.9 Å². The van der Waals surface area contributed by atoms with Crippen LogP contribution in [-0.4, -0.2) is 20.5 Å². The van der Waals surface area contributed by atoms with Crippen molar-refractivity contribution in [3.8, 4) is 5.75 Å². The molecule has 6 nitrogen and oxygen atoms in total. The average molecular weight is 578 g/mol. The summed E-state index contributed by atoms with van der Waals surface area (Å²) in [6.45, 7) is 3.56. The molecule has 0 aliphatic heterocycles. The van der Waals surface area contributed by atoms with Crippen LogP contribution < -0.4 is 14.4 Å². The Labute approximate surface area is 229 Å². The fraction of sp³-hybridized carbons (Fsp3) is 0.222. The summed E-state index contributed by atoms with van der Waals surface area (Å²) >= 11 is 7.02. The van der Waals surface area contributed by atoms with E-state index in [4.69, 9.17) is 16.3 Å². The van der Waals surface area contributed by atoms with Crippen molar-refractivity contribution in [3.05, 3.63) is 99.5 Å². The largest absolute Gasteiger partial charge is 0.497 e. The molecule has 0 saturated carbocycles. The maximum atomic E-state index is 15.5. The first kappa shape index (κ1) is 27.8. The lowest BCUT2D eigenvalue weighted by Crippen LogP contribution is -2.31. The second kappa shape index (κ2) is 11.7. The minimum atomic E-state index is -4.53.